The lowest BCUT2D eigenvalue weighted by Crippen LogP contribution is -2.50. The van der Waals surface area contributed by atoms with Crippen molar-refractivity contribution in [3.63, 3.8) is 0 Å². The van der Waals surface area contributed by atoms with E-state index in [9.17, 15) is 0 Å². The second kappa shape index (κ2) is 9.64. The lowest BCUT2D eigenvalue weighted by molar-refractivity contribution is 0.124. The molecule has 9 nitrogen and oxygen atoms in total. The van der Waals surface area contributed by atoms with Gasteiger partial charge in [0, 0.05) is 29.5 Å². The highest BCUT2D eigenvalue weighted by atomic mass is 32.2. The monoisotopic (exact) mass is 495 g/mol. The molecule has 1 unspecified atom stereocenters. The van der Waals surface area contributed by atoms with Gasteiger partial charge in [0.05, 0.1) is 35.7 Å². The van der Waals surface area contributed by atoms with Crippen LogP contribution in [0.25, 0.3) is 11.0 Å². The zero-order chi connectivity index (χ0) is 25.2. The molecule has 11 heteroatoms. The second-order valence-electron chi connectivity index (χ2n) is 8.58. The minimum atomic E-state index is -0.966. The molecule has 0 saturated heterocycles. The van der Waals surface area contributed by atoms with Crippen molar-refractivity contribution in [3.8, 4) is 18.2 Å². The molecule has 0 amide bonds. The zero-order valence-electron chi connectivity index (χ0n) is 19.9. The maximum Gasteiger partial charge on any atom is 0.233 e. The van der Waals surface area contributed by atoms with Crippen LogP contribution >= 0.6 is 11.8 Å². The quantitative estimate of drug-likeness (QED) is 0.374. The summed E-state index contributed by atoms with van der Waals surface area (Å²) in [6.45, 7) is 6.44. The molecule has 3 N–H and O–H groups in total. The number of nitrogens with zero attached hydrogens (tertiary/aromatic N) is 5. The Morgan fingerprint density at radius 2 is 2.09 bits per heavy atom. The van der Waals surface area contributed by atoms with Crippen LogP contribution < -0.4 is 15.8 Å². The Kier molecular flexibility index (Phi) is 6.78. The molecule has 0 aliphatic carbocycles. The first kappa shape index (κ1) is 24.6. The van der Waals surface area contributed by atoms with Gasteiger partial charge in [-0.1, -0.05) is 24.6 Å². The van der Waals surface area contributed by atoms with E-state index >= 15 is 4.39 Å². The minimum Gasteiger partial charge on any atom is -0.463 e. The van der Waals surface area contributed by atoms with Crippen LogP contribution in [0, 0.1) is 24.2 Å². The normalized spacial score (nSPS) is 24.0. The number of pyridine rings is 2. The Balaban J connectivity index is 1.71. The average Bonchev–Trinajstić information content (AvgIpc) is 2.82. The van der Waals surface area contributed by atoms with Gasteiger partial charge in [-0.3, -0.25) is 4.99 Å². The predicted octanol–water partition coefficient (Wildman–Crippen LogP) is 3.63. The molecule has 35 heavy (non-hydrogen) atoms. The molecule has 1 aliphatic rings. The zero-order valence-corrected chi connectivity index (χ0v) is 20.7. The van der Waals surface area contributed by atoms with E-state index in [0.717, 1.165) is 0 Å². The van der Waals surface area contributed by atoms with Crippen molar-refractivity contribution in [1.29, 1.82) is 0 Å². The molecule has 3 aromatic heterocycles. The van der Waals surface area contributed by atoms with Gasteiger partial charge in [0.25, 0.3) is 0 Å². The van der Waals surface area contributed by atoms with Crippen LogP contribution in [0.3, 0.4) is 0 Å². The Hall–Kier alpha value is -3.49. The highest BCUT2D eigenvalue weighted by molar-refractivity contribution is 8.15. The summed E-state index contributed by atoms with van der Waals surface area (Å²) in [5.41, 5.74) is 7.12. The highest BCUT2D eigenvalue weighted by Gasteiger charge is 2.50. The first-order valence-electron chi connectivity index (χ1n) is 10.8. The Labute approximate surface area is 207 Å². The summed E-state index contributed by atoms with van der Waals surface area (Å²) in [6.07, 6.45) is 9.68. The number of anilines is 2. The summed E-state index contributed by atoms with van der Waals surface area (Å²) < 4.78 is 25.5. The topological polar surface area (TPSA) is 120 Å². The number of nitrogens with one attached hydrogen (secondary N) is 1. The van der Waals surface area contributed by atoms with Crippen LogP contribution in [0.4, 0.5) is 15.9 Å². The van der Waals surface area contributed by atoms with E-state index in [4.69, 9.17) is 21.6 Å². The molecule has 1 aliphatic heterocycles. The molecule has 0 radical (unpaired) electrons. The van der Waals surface area contributed by atoms with Crippen LogP contribution in [-0.2, 0) is 10.3 Å². The Morgan fingerprint density at radius 3 is 2.83 bits per heavy atom. The first-order valence-corrected chi connectivity index (χ1v) is 11.7. The first-order chi connectivity index (χ1) is 16.7. The lowest BCUT2D eigenvalue weighted by Gasteiger charge is -2.47. The van der Waals surface area contributed by atoms with E-state index in [2.05, 4.69) is 36.2 Å². The van der Waals surface area contributed by atoms with Gasteiger partial charge in [-0.15, -0.1) is 6.42 Å². The smallest absolute Gasteiger partial charge is 0.233 e. The molecule has 3 aromatic rings. The molecule has 0 saturated carbocycles. The molecule has 4 heterocycles. The fourth-order valence-electron chi connectivity index (χ4n) is 4.22. The maximum absolute atomic E-state index is 15.1. The third-order valence-corrected chi connectivity index (χ3v) is 7.50. The lowest BCUT2D eigenvalue weighted by atomic mass is 9.74. The summed E-state index contributed by atoms with van der Waals surface area (Å²) in [7, 11) is 1.63. The molecular formula is C24H26FN7O2S. The third-order valence-electron chi connectivity index (χ3n) is 6.26. The van der Waals surface area contributed by atoms with Crippen molar-refractivity contribution in [3.05, 3.63) is 42.2 Å². The van der Waals surface area contributed by atoms with Crippen molar-refractivity contribution >= 4 is 39.5 Å². The van der Waals surface area contributed by atoms with Gasteiger partial charge in [-0.05, 0) is 26.0 Å². The summed E-state index contributed by atoms with van der Waals surface area (Å²) in [6, 6.07) is 3.39. The van der Waals surface area contributed by atoms with Crippen molar-refractivity contribution < 1.29 is 13.9 Å². The number of thioether (sulfide) groups is 1. The van der Waals surface area contributed by atoms with Gasteiger partial charge in [-0.25, -0.2) is 19.9 Å². The summed E-state index contributed by atoms with van der Waals surface area (Å²) in [5, 5.41) is 3.55. The maximum atomic E-state index is 15.1. The van der Waals surface area contributed by atoms with E-state index in [1.165, 1.54) is 24.2 Å². The Bertz CT molecular complexity index is 1330. The van der Waals surface area contributed by atoms with E-state index in [1.807, 2.05) is 20.8 Å². The summed E-state index contributed by atoms with van der Waals surface area (Å²) in [4.78, 5) is 21.8. The number of terminal acetylenes is 1. The molecule has 0 spiro atoms. The number of fused-ring (bicyclic) bond motifs is 1. The van der Waals surface area contributed by atoms with Crippen LogP contribution in [0.1, 0.15) is 26.3 Å². The SMILES string of the molecule is C#CCOc1cnc2c(Nc3cnc(F)c([C@@]4(C)N=C(N)S[C@](C)(COC)C4C)c3)nccc2n1. The van der Waals surface area contributed by atoms with Gasteiger partial charge in [0.2, 0.25) is 11.8 Å². The van der Waals surface area contributed by atoms with Crippen LogP contribution in [0.15, 0.2) is 35.7 Å². The van der Waals surface area contributed by atoms with Gasteiger partial charge in [-0.2, -0.15) is 4.39 Å². The van der Waals surface area contributed by atoms with Crippen molar-refractivity contribution in [2.45, 2.75) is 31.1 Å². The number of aromatic nitrogens is 4. The van der Waals surface area contributed by atoms with Crippen molar-refractivity contribution in [2.75, 3.05) is 25.6 Å². The molecule has 182 valence electrons. The predicted molar refractivity (Wildman–Crippen MR) is 135 cm³/mol. The Morgan fingerprint density at radius 1 is 1.29 bits per heavy atom. The van der Waals surface area contributed by atoms with Crippen LogP contribution in [0.2, 0.25) is 0 Å². The van der Waals surface area contributed by atoms with Crippen LogP contribution in [0.5, 0.6) is 5.88 Å². The molecule has 0 fully saturated rings. The van der Waals surface area contributed by atoms with Crippen molar-refractivity contribution in [1.82, 2.24) is 19.9 Å². The van der Waals surface area contributed by atoms with E-state index in [-0.39, 0.29) is 12.5 Å². The summed E-state index contributed by atoms with van der Waals surface area (Å²) in [5.74, 6) is 2.39. The number of nitrogens with two attached hydrogens (primary N) is 1. The number of amidine groups is 1. The van der Waals surface area contributed by atoms with E-state index in [0.29, 0.717) is 45.8 Å². The number of hydrogen-bond acceptors (Lipinski definition) is 10. The fourth-order valence-corrected chi connectivity index (χ4v) is 5.51. The summed E-state index contributed by atoms with van der Waals surface area (Å²) >= 11 is 1.44. The number of methoxy groups -OCH3 is 1. The van der Waals surface area contributed by atoms with Gasteiger partial charge in [0.1, 0.15) is 5.52 Å². The number of rotatable bonds is 7. The number of ether oxygens (including phenoxy) is 2. The largest absolute Gasteiger partial charge is 0.463 e. The molecule has 0 bridgehead atoms. The minimum absolute atomic E-state index is 0.0898. The second-order valence-corrected chi connectivity index (χ2v) is 10.1. The highest BCUT2D eigenvalue weighted by Crippen LogP contribution is 2.50. The van der Waals surface area contributed by atoms with Gasteiger partial charge in [0.15, 0.2) is 17.6 Å². The third kappa shape index (κ3) is 4.72. The average molecular weight is 496 g/mol. The molecular weight excluding hydrogens is 469 g/mol. The van der Waals surface area contributed by atoms with Gasteiger partial charge < -0.3 is 20.5 Å². The number of aliphatic imine (C=N–C) groups is 1. The number of hydrogen-bond donors (Lipinski definition) is 2. The number of halogens is 1. The molecule has 4 rings (SSSR count). The van der Waals surface area contributed by atoms with E-state index in [1.54, 1.807) is 25.4 Å². The molecule has 0 aromatic carbocycles. The van der Waals surface area contributed by atoms with Crippen LogP contribution in [-0.4, -0.2) is 50.2 Å². The van der Waals surface area contributed by atoms with Gasteiger partial charge >= 0.3 is 0 Å². The fraction of sp³-hybridized carbons (Fsp3) is 0.375. The standard InChI is InChI=1S/C24H26FN7O2S/c1-6-9-34-18-12-28-19-17(31-18)7-8-27-21(19)30-15-10-16(20(25)29-11-15)24(4)14(2)23(3,13-33-5)35-22(26)32-24/h1,7-8,10-12,14H,9,13H2,2-5H3,(H2,26,32)(H,27,30)/t14?,23-,24+/m1/s1. The van der Waals surface area contributed by atoms with E-state index < -0.39 is 16.2 Å². The van der Waals surface area contributed by atoms with Crippen molar-refractivity contribution in [2.24, 2.45) is 16.6 Å². The molecule has 3 atom stereocenters.